The number of aromatic nitrogens is 1. The normalized spacial score (nSPS) is 16.0. The Labute approximate surface area is 269 Å². The predicted octanol–water partition coefficient (Wildman–Crippen LogP) is 9.43. The molecule has 1 unspecified atom stereocenters. The molecule has 2 aliphatic rings. The number of hydrogen-bond acceptors (Lipinski definition) is 0. The molecule has 0 spiro atoms. The Balaban J connectivity index is 1.41. The van der Waals surface area contributed by atoms with Crippen molar-refractivity contribution in [3.8, 4) is 33.4 Å². The average Bonchev–Trinajstić information content (AvgIpc) is 3.60. The lowest BCUT2D eigenvalue weighted by molar-refractivity contribution is 0.718. The van der Waals surface area contributed by atoms with Crippen LogP contribution in [0, 0.1) is 0 Å². The van der Waals surface area contributed by atoms with Gasteiger partial charge in [-0.1, -0.05) is 164 Å². The van der Waals surface area contributed by atoms with Crippen LogP contribution in [0.25, 0.3) is 55.2 Å². The summed E-state index contributed by atoms with van der Waals surface area (Å²) in [5, 5.41) is 2.58. The summed E-state index contributed by atoms with van der Waals surface area (Å²) in [4.78, 5) is 0. The SMILES string of the molecule is CC12c3ccccc3B(n3c4c(-c5ccccc5)cccc4c4cccc(-c5ccccc5)c43)c3cccc(c31)-c1ccccc12. The molecular weight excluding hydrogens is 553 g/mol. The minimum absolute atomic E-state index is 0.0109. The van der Waals surface area contributed by atoms with Gasteiger partial charge in [0.25, 0.3) is 0 Å². The van der Waals surface area contributed by atoms with Crippen LogP contribution in [0.2, 0.25) is 0 Å². The molecular formula is C44H30BN. The maximum atomic E-state index is 2.70. The van der Waals surface area contributed by atoms with Crippen LogP contribution in [-0.4, -0.2) is 11.3 Å². The van der Waals surface area contributed by atoms with E-state index in [1.807, 2.05) is 0 Å². The van der Waals surface area contributed by atoms with Gasteiger partial charge in [0.05, 0.1) is 0 Å². The zero-order valence-corrected chi connectivity index (χ0v) is 25.6. The van der Waals surface area contributed by atoms with E-state index < -0.39 is 0 Å². The number of hydrogen-bond donors (Lipinski definition) is 0. The Hall–Kier alpha value is -5.60. The van der Waals surface area contributed by atoms with Crippen molar-refractivity contribution in [2.45, 2.75) is 12.3 Å². The summed E-state index contributed by atoms with van der Waals surface area (Å²) in [5.74, 6) is 0. The molecule has 0 bridgehead atoms. The molecule has 7 aromatic carbocycles. The molecule has 1 aliphatic carbocycles. The molecule has 10 rings (SSSR count). The molecule has 0 saturated carbocycles. The van der Waals surface area contributed by atoms with E-state index in [2.05, 4.69) is 175 Å². The molecule has 1 aromatic heterocycles. The fourth-order valence-corrected chi connectivity index (χ4v) is 8.90. The Morgan fingerprint density at radius 2 is 0.891 bits per heavy atom. The zero-order chi connectivity index (χ0) is 30.4. The Kier molecular flexibility index (Phi) is 5.28. The Bertz CT molecular complexity index is 2390. The fourth-order valence-electron chi connectivity index (χ4n) is 8.90. The van der Waals surface area contributed by atoms with Crippen molar-refractivity contribution in [3.63, 3.8) is 0 Å². The first kappa shape index (κ1) is 25.7. The van der Waals surface area contributed by atoms with Gasteiger partial charge in [-0.2, -0.15) is 0 Å². The first-order valence-electron chi connectivity index (χ1n) is 16.2. The maximum absolute atomic E-state index is 2.70. The molecule has 214 valence electrons. The highest BCUT2D eigenvalue weighted by Crippen LogP contribution is 2.53. The topological polar surface area (TPSA) is 4.93 Å². The molecule has 46 heavy (non-hydrogen) atoms. The number of rotatable bonds is 3. The van der Waals surface area contributed by atoms with Gasteiger partial charge in [-0.25, -0.2) is 0 Å². The molecule has 1 aliphatic heterocycles. The molecule has 0 amide bonds. The van der Waals surface area contributed by atoms with Crippen LogP contribution in [0.1, 0.15) is 23.6 Å². The van der Waals surface area contributed by atoms with E-state index in [1.165, 1.54) is 82.8 Å². The molecule has 0 N–H and O–H groups in total. The van der Waals surface area contributed by atoms with Gasteiger partial charge in [-0.3, -0.25) is 0 Å². The van der Waals surface area contributed by atoms with Crippen molar-refractivity contribution in [2.75, 3.05) is 0 Å². The minimum Gasteiger partial charge on any atom is -0.375 e. The summed E-state index contributed by atoms with van der Waals surface area (Å²) >= 11 is 0. The van der Waals surface area contributed by atoms with Gasteiger partial charge < -0.3 is 4.48 Å². The number of para-hydroxylation sites is 2. The van der Waals surface area contributed by atoms with Crippen molar-refractivity contribution in [1.82, 2.24) is 4.48 Å². The third-order valence-electron chi connectivity index (χ3n) is 10.7. The second-order valence-electron chi connectivity index (χ2n) is 12.9. The molecule has 8 aromatic rings. The van der Waals surface area contributed by atoms with Crippen molar-refractivity contribution in [2.24, 2.45) is 0 Å². The summed E-state index contributed by atoms with van der Waals surface area (Å²) < 4.78 is 2.70. The first-order chi connectivity index (χ1) is 22.7. The number of fused-ring (bicyclic) bond motifs is 8. The average molecular weight is 584 g/mol. The van der Waals surface area contributed by atoms with E-state index in [0.717, 1.165) is 0 Å². The zero-order valence-electron chi connectivity index (χ0n) is 25.6. The van der Waals surface area contributed by atoms with Crippen LogP contribution in [0.3, 0.4) is 0 Å². The lowest BCUT2D eigenvalue weighted by Crippen LogP contribution is -2.58. The number of nitrogens with zero attached hydrogens (tertiary/aromatic N) is 1. The molecule has 0 fully saturated rings. The molecule has 0 radical (unpaired) electrons. The maximum Gasteiger partial charge on any atom is 0.328 e. The van der Waals surface area contributed by atoms with Crippen LogP contribution >= 0.6 is 0 Å². The highest BCUT2D eigenvalue weighted by Gasteiger charge is 2.50. The highest BCUT2D eigenvalue weighted by atomic mass is 14.9. The van der Waals surface area contributed by atoms with Gasteiger partial charge in [-0.05, 0) is 56.8 Å². The summed E-state index contributed by atoms with van der Waals surface area (Å²) in [5.41, 5.74) is 17.1. The second-order valence-corrected chi connectivity index (χ2v) is 12.9. The quantitative estimate of drug-likeness (QED) is 0.183. The third kappa shape index (κ3) is 3.26. The van der Waals surface area contributed by atoms with E-state index in [-0.39, 0.29) is 12.3 Å². The molecule has 1 nitrogen and oxygen atoms in total. The van der Waals surface area contributed by atoms with E-state index in [9.17, 15) is 0 Å². The third-order valence-corrected chi connectivity index (χ3v) is 10.7. The molecule has 2 heterocycles. The fraction of sp³-hybridized carbons (Fsp3) is 0.0455. The number of benzene rings is 7. The van der Waals surface area contributed by atoms with Crippen molar-refractivity contribution in [3.05, 3.63) is 180 Å². The van der Waals surface area contributed by atoms with Crippen molar-refractivity contribution >= 4 is 39.6 Å². The standard InChI is InChI=1S/C44H30BN/c1-44-37-25-9-8-19-33(37)34-22-14-28-40(41(34)44)45(39-27-11-10-26-38(39)44)46-42-31(29-15-4-2-5-16-29)20-12-23-35(42)36-24-13-21-32(43(36)46)30-17-6-3-7-18-30/h2-28H,1H3. The van der Waals surface area contributed by atoms with E-state index >= 15 is 0 Å². The largest absolute Gasteiger partial charge is 0.375 e. The van der Waals surface area contributed by atoms with Crippen LogP contribution < -0.4 is 10.9 Å². The van der Waals surface area contributed by atoms with Gasteiger partial charge >= 0.3 is 6.85 Å². The summed E-state index contributed by atoms with van der Waals surface area (Å²) in [6.45, 7) is 2.44. The van der Waals surface area contributed by atoms with Crippen LogP contribution in [0.5, 0.6) is 0 Å². The Morgan fingerprint density at radius 3 is 1.54 bits per heavy atom. The molecule has 1 atom stereocenters. The van der Waals surface area contributed by atoms with Crippen LogP contribution in [0.4, 0.5) is 0 Å². The smallest absolute Gasteiger partial charge is 0.328 e. The van der Waals surface area contributed by atoms with Gasteiger partial charge in [0.15, 0.2) is 0 Å². The van der Waals surface area contributed by atoms with Crippen molar-refractivity contribution in [1.29, 1.82) is 0 Å². The lowest BCUT2D eigenvalue weighted by atomic mass is 9.41. The van der Waals surface area contributed by atoms with E-state index in [0.29, 0.717) is 0 Å². The predicted molar refractivity (Wildman–Crippen MR) is 195 cm³/mol. The van der Waals surface area contributed by atoms with E-state index in [1.54, 1.807) is 0 Å². The summed E-state index contributed by atoms with van der Waals surface area (Å²) in [6, 6.07) is 60.8. The van der Waals surface area contributed by atoms with Gasteiger partial charge in [0.2, 0.25) is 0 Å². The van der Waals surface area contributed by atoms with Crippen molar-refractivity contribution < 1.29 is 0 Å². The van der Waals surface area contributed by atoms with Crippen LogP contribution in [0.15, 0.2) is 164 Å². The van der Waals surface area contributed by atoms with E-state index in [4.69, 9.17) is 0 Å². The lowest BCUT2D eigenvalue weighted by Gasteiger charge is -2.39. The van der Waals surface area contributed by atoms with Crippen LogP contribution in [-0.2, 0) is 5.41 Å². The summed E-state index contributed by atoms with van der Waals surface area (Å²) in [6.07, 6.45) is 0. The van der Waals surface area contributed by atoms with Gasteiger partial charge in [0, 0.05) is 38.3 Å². The summed E-state index contributed by atoms with van der Waals surface area (Å²) in [7, 11) is 0. The Morgan fingerprint density at radius 1 is 0.413 bits per heavy atom. The second kappa shape index (κ2) is 9.45. The monoisotopic (exact) mass is 583 g/mol. The highest BCUT2D eigenvalue weighted by molar-refractivity contribution is 6.87. The first-order valence-corrected chi connectivity index (χ1v) is 16.2. The molecule has 2 heteroatoms. The van der Waals surface area contributed by atoms with Gasteiger partial charge in [0.1, 0.15) is 0 Å². The van der Waals surface area contributed by atoms with Gasteiger partial charge in [-0.15, -0.1) is 0 Å². The minimum atomic E-state index is -0.223. The molecule has 0 saturated heterocycles.